The van der Waals surface area contributed by atoms with E-state index in [1.54, 1.807) is 14.2 Å². The lowest BCUT2D eigenvalue weighted by atomic mass is 10.6. The smallest absolute Gasteiger partial charge is 0.108 e. The molecule has 0 unspecified atom stereocenters. The average molecular weight is 146 g/mol. The van der Waals surface area contributed by atoms with Gasteiger partial charge in [-0.3, -0.25) is 0 Å². The number of hydrogen-bond acceptors (Lipinski definition) is 4. The highest BCUT2D eigenvalue weighted by molar-refractivity contribution is 4.66. The number of hydroxylamine groups is 4. The van der Waals surface area contributed by atoms with Crippen LogP contribution in [0.4, 0.5) is 0 Å². The summed E-state index contributed by atoms with van der Waals surface area (Å²) in [4.78, 5) is 10.1. The molecule has 1 heterocycles. The first-order chi connectivity index (χ1) is 4.79. The molecule has 10 heavy (non-hydrogen) atoms. The van der Waals surface area contributed by atoms with Crippen LogP contribution in [0.2, 0.25) is 0 Å². The molecule has 1 fully saturated rings. The normalized spacial score (nSPS) is 24.3. The molecule has 0 spiro atoms. The van der Waals surface area contributed by atoms with Gasteiger partial charge in [-0.05, 0) is 6.92 Å². The molecule has 0 aromatic carbocycles. The van der Waals surface area contributed by atoms with Crippen LogP contribution in [0.1, 0.15) is 6.92 Å². The second-order valence-electron chi connectivity index (χ2n) is 2.28. The molecule has 1 saturated heterocycles. The van der Waals surface area contributed by atoms with E-state index in [9.17, 15) is 0 Å². The van der Waals surface area contributed by atoms with Crippen molar-refractivity contribution in [2.45, 2.75) is 13.1 Å². The third kappa shape index (κ3) is 1.29. The summed E-state index contributed by atoms with van der Waals surface area (Å²) in [6, 6.07) is 0. The van der Waals surface area contributed by atoms with Crippen LogP contribution in [0.25, 0.3) is 0 Å². The second-order valence-corrected chi connectivity index (χ2v) is 2.28. The summed E-state index contributed by atoms with van der Waals surface area (Å²) in [6.45, 7) is 3.86. The third-order valence-corrected chi connectivity index (χ3v) is 1.84. The van der Waals surface area contributed by atoms with Crippen LogP contribution in [0.5, 0.6) is 0 Å². The summed E-state index contributed by atoms with van der Waals surface area (Å²) < 4.78 is 0. The monoisotopic (exact) mass is 146 g/mol. The molecule has 0 amide bonds. The minimum absolute atomic E-state index is 0.231. The van der Waals surface area contributed by atoms with Gasteiger partial charge in [0.15, 0.2) is 0 Å². The van der Waals surface area contributed by atoms with Gasteiger partial charge in [-0.15, -0.1) is 0 Å². The molecule has 0 aromatic heterocycles. The molecule has 4 nitrogen and oxygen atoms in total. The fraction of sp³-hybridized carbons (Fsp3) is 1.00. The lowest BCUT2D eigenvalue weighted by Gasteiger charge is -2.22. The van der Waals surface area contributed by atoms with E-state index in [4.69, 9.17) is 9.68 Å². The third-order valence-electron chi connectivity index (χ3n) is 1.84. The number of hydrogen-bond donors (Lipinski definition) is 0. The van der Waals surface area contributed by atoms with Crippen molar-refractivity contribution in [1.29, 1.82) is 0 Å². The van der Waals surface area contributed by atoms with Crippen molar-refractivity contribution in [2.75, 3.05) is 27.3 Å². The molecule has 0 atom stereocenters. The quantitative estimate of drug-likeness (QED) is 0.550. The van der Waals surface area contributed by atoms with Crippen molar-refractivity contribution in [1.82, 2.24) is 10.1 Å². The number of nitrogens with zero attached hydrogens (tertiary/aromatic N) is 2. The summed E-state index contributed by atoms with van der Waals surface area (Å²) in [6.07, 6.45) is 0.231. The molecule has 0 aliphatic carbocycles. The van der Waals surface area contributed by atoms with Crippen LogP contribution < -0.4 is 0 Å². The SMILES string of the molecule is CON1CCN(OC)C1C. The first-order valence-electron chi connectivity index (χ1n) is 3.41. The largest absolute Gasteiger partial charge is 0.301 e. The molecule has 1 aliphatic rings. The molecule has 4 heteroatoms. The predicted molar refractivity (Wildman–Crippen MR) is 36.9 cm³/mol. The molecule has 0 N–H and O–H groups in total. The van der Waals surface area contributed by atoms with E-state index in [-0.39, 0.29) is 6.17 Å². The lowest BCUT2D eigenvalue weighted by Crippen LogP contribution is -2.34. The van der Waals surface area contributed by atoms with Gasteiger partial charge < -0.3 is 9.68 Å². The summed E-state index contributed by atoms with van der Waals surface area (Å²) in [5.41, 5.74) is 0. The molecular formula is C6H14N2O2. The van der Waals surface area contributed by atoms with Gasteiger partial charge in [0, 0.05) is 13.1 Å². The summed E-state index contributed by atoms with van der Waals surface area (Å²) in [5.74, 6) is 0. The topological polar surface area (TPSA) is 24.9 Å². The maximum atomic E-state index is 5.07. The van der Waals surface area contributed by atoms with E-state index < -0.39 is 0 Å². The fourth-order valence-electron chi connectivity index (χ4n) is 1.20. The average Bonchev–Trinajstić information content (AvgIpc) is 2.30. The highest BCUT2D eigenvalue weighted by atomic mass is 16.7. The Labute approximate surface area is 61.2 Å². The van der Waals surface area contributed by atoms with Crippen LogP contribution in [-0.2, 0) is 9.68 Å². The standard InChI is InChI=1S/C6H14N2O2/c1-6-7(9-2)4-5-8(6)10-3/h6H,4-5H2,1-3H3. The minimum atomic E-state index is 0.231. The molecule has 0 saturated carbocycles. The second kappa shape index (κ2) is 3.30. The summed E-state index contributed by atoms with van der Waals surface area (Å²) in [5, 5.41) is 3.76. The highest BCUT2D eigenvalue weighted by Gasteiger charge is 2.28. The van der Waals surface area contributed by atoms with Crippen molar-refractivity contribution in [3.63, 3.8) is 0 Å². The zero-order valence-corrected chi connectivity index (χ0v) is 6.70. The van der Waals surface area contributed by atoms with Crippen molar-refractivity contribution >= 4 is 0 Å². The van der Waals surface area contributed by atoms with Gasteiger partial charge >= 0.3 is 0 Å². The van der Waals surface area contributed by atoms with Crippen LogP contribution in [0.15, 0.2) is 0 Å². The zero-order chi connectivity index (χ0) is 7.56. The van der Waals surface area contributed by atoms with E-state index >= 15 is 0 Å². The van der Waals surface area contributed by atoms with E-state index in [0.717, 1.165) is 13.1 Å². The van der Waals surface area contributed by atoms with Crippen molar-refractivity contribution < 1.29 is 9.68 Å². The first-order valence-corrected chi connectivity index (χ1v) is 3.41. The minimum Gasteiger partial charge on any atom is -0.301 e. The van der Waals surface area contributed by atoms with Gasteiger partial charge in [-0.1, -0.05) is 0 Å². The Bertz CT molecular complexity index is 97.9. The van der Waals surface area contributed by atoms with E-state index in [2.05, 4.69) is 0 Å². The maximum absolute atomic E-state index is 5.07. The van der Waals surface area contributed by atoms with E-state index in [0.29, 0.717) is 0 Å². The molecule has 0 bridgehead atoms. The Balaban J connectivity index is 2.41. The molecule has 1 rings (SSSR count). The van der Waals surface area contributed by atoms with Crippen molar-refractivity contribution in [3.05, 3.63) is 0 Å². The van der Waals surface area contributed by atoms with E-state index in [1.807, 2.05) is 17.1 Å². The summed E-state index contributed by atoms with van der Waals surface area (Å²) in [7, 11) is 3.35. The van der Waals surface area contributed by atoms with Gasteiger partial charge in [0.25, 0.3) is 0 Å². The molecule has 0 aromatic rings. The maximum Gasteiger partial charge on any atom is 0.108 e. The Morgan fingerprint density at radius 2 is 1.50 bits per heavy atom. The first kappa shape index (κ1) is 7.94. The van der Waals surface area contributed by atoms with E-state index in [1.165, 1.54) is 0 Å². The highest BCUT2D eigenvalue weighted by Crippen LogP contribution is 2.12. The van der Waals surface area contributed by atoms with Gasteiger partial charge in [-0.2, -0.15) is 10.1 Å². The van der Waals surface area contributed by atoms with Crippen LogP contribution >= 0.6 is 0 Å². The molecule has 1 aliphatic heterocycles. The van der Waals surface area contributed by atoms with Gasteiger partial charge in [0.05, 0.1) is 14.2 Å². The van der Waals surface area contributed by atoms with Gasteiger partial charge in [-0.25, -0.2) is 0 Å². The predicted octanol–water partition coefficient (Wildman–Crippen LogP) is 0.0728. The van der Waals surface area contributed by atoms with Crippen molar-refractivity contribution in [3.8, 4) is 0 Å². The van der Waals surface area contributed by atoms with Crippen LogP contribution in [0.3, 0.4) is 0 Å². The Morgan fingerprint density at radius 1 is 1.10 bits per heavy atom. The Kier molecular flexibility index (Phi) is 2.62. The van der Waals surface area contributed by atoms with Crippen LogP contribution in [0, 0.1) is 0 Å². The Morgan fingerprint density at radius 3 is 1.70 bits per heavy atom. The summed E-state index contributed by atoms with van der Waals surface area (Å²) >= 11 is 0. The lowest BCUT2D eigenvalue weighted by molar-refractivity contribution is -0.219. The van der Waals surface area contributed by atoms with Crippen LogP contribution in [-0.4, -0.2) is 43.6 Å². The van der Waals surface area contributed by atoms with Crippen molar-refractivity contribution in [2.24, 2.45) is 0 Å². The molecule has 60 valence electrons. The van der Waals surface area contributed by atoms with Gasteiger partial charge in [0.1, 0.15) is 6.17 Å². The zero-order valence-electron chi connectivity index (χ0n) is 6.70. The fourth-order valence-corrected chi connectivity index (χ4v) is 1.20. The number of rotatable bonds is 2. The van der Waals surface area contributed by atoms with Gasteiger partial charge in [0.2, 0.25) is 0 Å². The Hall–Kier alpha value is -0.160. The molecular weight excluding hydrogens is 132 g/mol. The molecule has 0 radical (unpaired) electrons.